The third-order valence-corrected chi connectivity index (χ3v) is 9.47. The first kappa shape index (κ1) is 21.9. The maximum absolute atomic E-state index is 9.30. The lowest BCUT2D eigenvalue weighted by Gasteiger charge is -2.12. The maximum atomic E-state index is 9.30. The lowest BCUT2D eigenvalue weighted by molar-refractivity contribution is 1.07. The Hall–Kier alpha value is -7.43. The van der Waals surface area contributed by atoms with Gasteiger partial charge in [0.15, 0.2) is 17.5 Å². The third-order valence-electron chi connectivity index (χ3n) is 9.47. The molecule has 4 heteroatoms. The molecular formula is C51H34N4. The fourth-order valence-corrected chi connectivity index (χ4v) is 6.82. The molecule has 10 aromatic rings. The average molecular weight is 715 g/mol. The molecule has 0 aliphatic heterocycles. The summed E-state index contributed by atoms with van der Waals surface area (Å²) in [5, 5.41) is -0.334. The molecule has 55 heavy (non-hydrogen) atoms. The van der Waals surface area contributed by atoms with Crippen molar-refractivity contribution in [1.82, 2.24) is 19.5 Å². The summed E-state index contributed by atoms with van der Waals surface area (Å²) in [5.74, 6) is 1.15. The van der Waals surface area contributed by atoms with Gasteiger partial charge >= 0.3 is 0 Å². The number of fused-ring (bicyclic) bond motifs is 3. The van der Waals surface area contributed by atoms with Crippen molar-refractivity contribution in [3.05, 3.63) is 206 Å². The second-order valence-corrected chi connectivity index (χ2v) is 12.8. The standard InChI is InChI=1S/C51H34N4/c1-4-14-35(15-5-1)37-26-30-39(31-27-37)49-52-50(54-51(53-49)42-19-12-18-41(34-42)36-16-6-2-7-17-36)40-32-28-38(29-33-40)44-23-13-24-46-45-22-10-11-25-47(45)55(48(44)46)43-20-8-3-9-21-43/h1-34H/i3D,8D,9D,10D,11D,13D,20D,21D,22D,23D,24D,25D. The van der Waals surface area contributed by atoms with E-state index in [-0.39, 0.29) is 27.4 Å². The van der Waals surface area contributed by atoms with Gasteiger partial charge in [-0.2, -0.15) is 0 Å². The summed E-state index contributed by atoms with van der Waals surface area (Å²) in [4.78, 5) is 14.9. The number of benzene rings is 8. The van der Waals surface area contributed by atoms with Gasteiger partial charge in [0.05, 0.1) is 27.5 Å². The van der Waals surface area contributed by atoms with Crippen LogP contribution in [0.2, 0.25) is 0 Å². The van der Waals surface area contributed by atoms with Crippen LogP contribution in [0.3, 0.4) is 0 Å². The van der Waals surface area contributed by atoms with Gasteiger partial charge in [-0.05, 0) is 52.0 Å². The molecule has 0 spiro atoms. The van der Waals surface area contributed by atoms with Gasteiger partial charge in [-0.25, -0.2) is 15.0 Å². The minimum absolute atomic E-state index is 0.00400. The zero-order chi connectivity index (χ0) is 47.0. The van der Waals surface area contributed by atoms with Gasteiger partial charge in [0.25, 0.3) is 0 Å². The van der Waals surface area contributed by atoms with Gasteiger partial charge in [0, 0.05) is 38.7 Å². The first-order valence-corrected chi connectivity index (χ1v) is 17.5. The van der Waals surface area contributed by atoms with Crippen LogP contribution in [0.4, 0.5) is 0 Å². The molecule has 0 saturated heterocycles. The molecule has 0 aliphatic carbocycles. The number of rotatable bonds is 7. The number of hydrogen-bond acceptors (Lipinski definition) is 3. The summed E-state index contributed by atoms with van der Waals surface area (Å²) in [7, 11) is 0. The summed E-state index contributed by atoms with van der Waals surface area (Å²) < 4.78 is 107. The fraction of sp³-hybridized carbons (Fsp3) is 0. The molecule has 0 unspecified atom stereocenters. The van der Waals surface area contributed by atoms with E-state index in [1.54, 1.807) is 24.3 Å². The Labute approximate surface area is 336 Å². The van der Waals surface area contributed by atoms with E-state index in [1.165, 1.54) is 0 Å². The predicted molar refractivity (Wildman–Crippen MR) is 227 cm³/mol. The van der Waals surface area contributed by atoms with Crippen molar-refractivity contribution in [3.8, 4) is 73.2 Å². The van der Waals surface area contributed by atoms with Crippen LogP contribution >= 0.6 is 0 Å². The Morgan fingerprint density at radius 1 is 0.364 bits per heavy atom. The van der Waals surface area contributed by atoms with E-state index < -0.39 is 78.2 Å². The average Bonchev–Trinajstić information content (AvgIpc) is 3.71. The largest absolute Gasteiger partial charge is 0.309 e. The third kappa shape index (κ3) is 6.06. The predicted octanol–water partition coefficient (Wildman–Crippen LogP) is 13.0. The number of para-hydroxylation sites is 3. The van der Waals surface area contributed by atoms with Crippen LogP contribution in [-0.4, -0.2) is 19.5 Å². The van der Waals surface area contributed by atoms with E-state index in [1.807, 2.05) is 109 Å². The topological polar surface area (TPSA) is 43.6 Å². The van der Waals surface area contributed by atoms with Crippen molar-refractivity contribution in [2.45, 2.75) is 0 Å². The van der Waals surface area contributed by atoms with Crippen molar-refractivity contribution in [3.63, 3.8) is 0 Å². The van der Waals surface area contributed by atoms with Gasteiger partial charge in [0.1, 0.15) is 0 Å². The summed E-state index contributed by atoms with van der Waals surface area (Å²) in [5.41, 5.74) is 5.60. The molecule has 258 valence electrons. The second kappa shape index (κ2) is 13.8. The highest BCUT2D eigenvalue weighted by Crippen LogP contribution is 2.39. The Balaban J connectivity index is 1.19. The number of aromatic nitrogens is 4. The molecule has 2 aromatic heterocycles. The van der Waals surface area contributed by atoms with E-state index in [2.05, 4.69) is 0 Å². The minimum atomic E-state index is -0.693. The Morgan fingerprint density at radius 2 is 0.855 bits per heavy atom. The fourth-order valence-electron chi connectivity index (χ4n) is 6.82. The van der Waals surface area contributed by atoms with E-state index in [0.29, 0.717) is 28.6 Å². The number of hydrogen-bond donors (Lipinski definition) is 0. The zero-order valence-corrected chi connectivity index (χ0v) is 29.0. The Morgan fingerprint density at radius 3 is 1.53 bits per heavy atom. The zero-order valence-electron chi connectivity index (χ0n) is 41.0. The van der Waals surface area contributed by atoms with Gasteiger partial charge in [-0.15, -0.1) is 0 Å². The highest BCUT2D eigenvalue weighted by atomic mass is 15.0. The van der Waals surface area contributed by atoms with E-state index in [0.717, 1.165) is 37.9 Å². The quantitative estimate of drug-likeness (QED) is 0.165. The Kier molecular flexibility index (Phi) is 5.52. The Bertz CT molecular complexity index is 3610. The highest BCUT2D eigenvalue weighted by molar-refractivity contribution is 6.13. The van der Waals surface area contributed by atoms with Gasteiger partial charge in [-0.1, -0.05) is 182 Å². The van der Waals surface area contributed by atoms with Crippen molar-refractivity contribution in [1.29, 1.82) is 0 Å². The summed E-state index contributed by atoms with van der Waals surface area (Å²) >= 11 is 0. The molecule has 4 nitrogen and oxygen atoms in total. The van der Waals surface area contributed by atoms with Crippen LogP contribution < -0.4 is 0 Å². The number of nitrogens with zero attached hydrogens (tertiary/aromatic N) is 4. The lowest BCUT2D eigenvalue weighted by Crippen LogP contribution is -2.00. The van der Waals surface area contributed by atoms with Crippen LogP contribution in [0.15, 0.2) is 206 Å². The van der Waals surface area contributed by atoms with Crippen LogP contribution in [0.5, 0.6) is 0 Å². The molecule has 10 rings (SSSR count). The van der Waals surface area contributed by atoms with Crippen molar-refractivity contribution in [2.24, 2.45) is 0 Å². The van der Waals surface area contributed by atoms with Crippen LogP contribution in [0, 0.1) is 0 Å². The molecule has 0 aliphatic rings. The molecule has 0 bridgehead atoms. The van der Waals surface area contributed by atoms with Crippen LogP contribution in [0.25, 0.3) is 95.0 Å². The van der Waals surface area contributed by atoms with Crippen LogP contribution in [0.1, 0.15) is 16.4 Å². The molecule has 0 atom stereocenters. The SMILES string of the molecule is [2H]c1c([2H])c([2H])c(-n2c3c([2H])c([2H])c([2H])c([2H])c3c3c([2H])c([2H])c([2H])c(-c4ccc(-c5nc(-c6ccc(-c7ccccc7)cc6)nc(-c6cccc(-c7ccccc7)c6)n5)cc4)c32)c([2H])c1[2H]. The molecule has 0 N–H and O–H groups in total. The smallest absolute Gasteiger partial charge is 0.164 e. The maximum Gasteiger partial charge on any atom is 0.164 e. The molecule has 8 aromatic carbocycles. The molecule has 0 radical (unpaired) electrons. The summed E-state index contributed by atoms with van der Waals surface area (Å²) in [6, 6.07) is 35.2. The normalized spacial score (nSPS) is 14.3. The van der Waals surface area contributed by atoms with Crippen LogP contribution in [-0.2, 0) is 0 Å². The van der Waals surface area contributed by atoms with Crippen molar-refractivity contribution >= 4 is 21.8 Å². The lowest BCUT2D eigenvalue weighted by atomic mass is 10.0. The van der Waals surface area contributed by atoms with E-state index in [9.17, 15) is 1.37 Å². The van der Waals surface area contributed by atoms with Crippen molar-refractivity contribution < 1.29 is 16.4 Å². The first-order chi connectivity index (χ1) is 32.2. The van der Waals surface area contributed by atoms with E-state index >= 15 is 0 Å². The van der Waals surface area contributed by atoms with Gasteiger partial charge in [0.2, 0.25) is 0 Å². The first-order valence-electron chi connectivity index (χ1n) is 23.5. The highest BCUT2D eigenvalue weighted by Gasteiger charge is 2.17. The molecule has 0 saturated carbocycles. The van der Waals surface area contributed by atoms with E-state index in [4.69, 9.17) is 30.0 Å². The molecular weight excluding hydrogens is 669 g/mol. The monoisotopic (exact) mass is 714 g/mol. The molecule has 0 fully saturated rings. The van der Waals surface area contributed by atoms with Gasteiger partial charge < -0.3 is 4.57 Å². The minimum Gasteiger partial charge on any atom is -0.309 e. The summed E-state index contributed by atoms with van der Waals surface area (Å²) in [6.45, 7) is 0. The second-order valence-electron chi connectivity index (χ2n) is 12.8. The van der Waals surface area contributed by atoms with Gasteiger partial charge in [-0.3, -0.25) is 0 Å². The van der Waals surface area contributed by atoms with Crippen molar-refractivity contribution in [2.75, 3.05) is 0 Å². The molecule has 0 amide bonds. The molecule has 2 heterocycles. The summed E-state index contributed by atoms with van der Waals surface area (Å²) in [6.07, 6.45) is 0.